The Morgan fingerprint density at radius 2 is 2.14 bits per heavy atom. The lowest BCUT2D eigenvalue weighted by Gasteiger charge is -2.25. The molecule has 0 saturated carbocycles. The van der Waals surface area contributed by atoms with E-state index < -0.39 is 36.2 Å². The Morgan fingerprint density at radius 1 is 1.45 bits per heavy atom. The Hall–Kier alpha value is -1.64. The first-order valence-electron chi connectivity index (χ1n) is 6.94. The number of aliphatic hydroxyl groups excluding tert-OH is 1. The van der Waals surface area contributed by atoms with Gasteiger partial charge in [0.1, 0.15) is 24.9 Å². The summed E-state index contributed by atoms with van der Waals surface area (Å²) in [4.78, 5) is 22.7. The minimum Gasteiger partial charge on any atom is -0.458 e. The van der Waals surface area contributed by atoms with Crippen molar-refractivity contribution in [3.63, 3.8) is 0 Å². The van der Waals surface area contributed by atoms with Crippen LogP contribution < -0.4 is 5.32 Å². The van der Waals surface area contributed by atoms with Crippen molar-refractivity contribution in [1.82, 2.24) is 5.32 Å². The first-order chi connectivity index (χ1) is 10.3. The minimum absolute atomic E-state index is 0.0316. The van der Waals surface area contributed by atoms with Gasteiger partial charge in [0.25, 0.3) is 0 Å². The van der Waals surface area contributed by atoms with Gasteiger partial charge in [-0.2, -0.15) is 0 Å². The number of hydrogen-bond donors (Lipinski definition) is 2. The molecule has 2 N–H and O–H groups in total. The van der Waals surface area contributed by atoms with Crippen LogP contribution in [-0.2, 0) is 23.7 Å². The van der Waals surface area contributed by atoms with Crippen LogP contribution in [0.5, 0.6) is 0 Å². The van der Waals surface area contributed by atoms with Gasteiger partial charge in [-0.05, 0) is 13.8 Å². The summed E-state index contributed by atoms with van der Waals surface area (Å²) in [7, 11) is 0. The van der Waals surface area contributed by atoms with Gasteiger partial charge in [-0.25, -0.2) is 4.79 Å². The summed E-state index contributed by atoms with van der Waals surface area (Å²) in [6, 6.07) is 0. The molecule has 0 bridgehead atoms. The third-order valence-electron chi connectivity index (χ3n) is 2.87. The lowest BCUT2D eigenvalue weighted by molar-refractivity contribution is -0.169. The minimum atomic E-state index is -0.917. The van der Waals surface area contributed by atoms with Crippen molar-refractivity contribution in [1.29, 1.82) is 0 Å². The average Bonchev–Trinajstić information content (AvgIpc) is 2.75. The molecule has 0 aromatic heterocycles. The Kier molecular flexibility index (Phi) is 6.79. The quantitative estimate of drug-likeness (QED) is 0.515. The first kappa shape index (κ1) is 18.4. The van der Waals surface area contributed by atoms with Gasteiger partial charge in [-0.3, -0.25) is 4.79 Å². The molecule has 0 unspecified atom stereocenters. The zero-order valence-corrected chi connectivity index (χ0v) is 13.0. The molecule has 8 heteroatoms. The predicted octanol–water partition coefficient (Wildman–Crippen LogP) is 0.343. The Morgan fingerprint density at radius 3 is 2.68 bits per heavy atom. The van der Waals surface area contributed by atoms with Crippen molar-refractivity contribution >= 4 is 12.1 Å². The summed E-state index contributed by atoms with van der Waals surface area (Å²) in [6.07, 6.45) is -1.42. The van der Waals surface area contributed by atoms with Gasteiger partial charge in [0.2, 0.25) is 0 Å². The largest absolute Gasteiger partial charge is 0.458 e. The number of aliphatic hydroxyl groups is 1. The van der Waals surface area contributed by atoms with Crippen molar-refractivity contribution in [2.75, 3.05) is 19.8 Å². The zero-order chi connectivity index (χ0) is 16.8. The highest BCUT2D eigenvalue weighted by atomic mass is 16.8. The first-order valence-corrected chi connectivity index (χ1v) is 6.94. The van der Waals surface area contributed by atoms with Gasteiger partial charge in [-0.15, -0.1) is 0 Å². The number of ether oxygens (including phenoxy) is 4. The van der Waals surface area contributed by atoms with E-state index in [1.807, 2.05) is 0 Å². The SMILES string of the molecule is C=CCOC(=O)NC[C@@H](OC(C)=O)[C@@H]1OC(C)(C)O[C@@H]1CO. The molecule has 1 rings (SSSR count). The molecule has 0 radical (unpaired) electrons. The molecule has 0 aromatic rings. The number of rotatable bonds is 7. The highest BCUT2D eigenvalue weighted by Crippen LogP contribution is 2.30. The van der Waals surface area contributed by atoms with Crippen LogP contribution in [-0.4, -0.2) is 61.0 Å². The number of esters is 1. The van der Waals surface area contributed by atoms with Crippen molar-refractivity contribution in [3.05, 3.63) is 12.7 Å². The lowest BCUT2D eigenvalue weighted by Crippen LogP contribution is -2.47. The van der Waals surface area contributed by atoms with Crippen LogP contribution in [0.1, 0.15) is 20.8 Å². The number of hydrogen-bond acceptors (Lipinski definition) is 7. The number of amides is 1. The number of alkyl carbamates (subject to hydrolysis) is 1. The predicted molar refractivity (Wildman–Crippen MR) is 76.0 cm³/mol. The maximum atomic E-state index is 11.4. The summed E-state index contributed by atoms with van der Waals surface area (Å²) in [5.74, 6) is -1.45. The third-order valence-corrected chi connectivity index (χ3v) is 2.87. The Labute approximate surface area is 129 Å². The summed E-state index contributed by atoms with van der Waals surface area (Å²) < 4.78 is 21.1. The summed E-state index contributed by atoms with van der Waals surface area (Å²) in [5.41, 5.74) is 0. The molecule has 0 aromatic carbocycles. The molecule has 8 nitrogen and oxygen atoms in total. The third kappa shape index (κ3) is 5.63. The second kappa shape index (κ2) is 8.11. The summed E-state index contributed by atoms with van der Waals surface area (Å²) >= 11 is 0. The van der Waals surface area contributed by atoms with Gasteiger partial charge < -0.3 is 29.4 Å². The van der Waals surface area contributed by atoms with Crippen LogP contribution in [0.3, 0.4) is 0 Å². The van der Waals surface area contributed by atoms with Crippen molar-refractivity contribution in [2.24, 2.45) is 0 Å². The van der Waals surface area contributed by atoms with E-state index in [9.17, 15) is 14.7 Å². The summed E-state index contributed by atoms with van der Waals surface area (Å²) in [6.45, 7) is 7.79. The molecule has 0 aliphatic carbocycles. The number of nitrogens with one attached hydrogen (secondary N) is 1. The average molecular weight is 317 g/mol. The molecule has 1 aliphatic heterocycles. The van der Waals surface area contributed by atoms with E-state index in [1.54, 1.807) is 13.8 Å². The molecular weight excluding hydrogens is 294 g/mol. The molecule has 22 heavy (non-hydrogen) atoms. The van der Waals surface area contributed by atoms with Gasteiger partial charge >= 0.3 is 12.1 Å². The maximum Gasteiger partial charge on any atom is 0.407 e. The second-order valence-electron chi connectivity index (χ2n) is 5.24. The van der Waals surface area contributed by atoms with Gasteiger partial charge in [0, 0.05) is 6.92 Å². The van der Waals surface area contributed by atoms with E-state index in [0.717, 1.165) is 0 Å². The topological polar surface area (TPSA) is 103 Å². The Bertz CT molecular complexity index is 410. The number of carbonyl (C=O) groups is 2. The highest BCUT2D eigenvalue weighted by molar-refractivity contribution is 5.68. The van der Waals surface area contributed by atoms with Crippen LogP contribution in [0, 0.1) is 0 Å². The molecule has 126 valence electrons. The van der Waals surface area contributed by atoms with E-state index >= 15 is 0 Å². The van der Waals surface area contributed by atoms with Crippen molar-refractivity contribution < 1.29 is 33.6 Å². The molecule has 1 saturated heterocycles. The normalized spacial score (nSPS) is 24.4. The fourth-order valence-corrected chi connectivity index (χ4v) is 2.13. The van der Waals surface area contributed by atoms with E-state index in [4.69, 9.17) is 18.9 Å². The van der Waals surface area contributed by atoms with Crippen LogP contribution in [0.2, 0.25) is 0 Å². The standard InChI is InChI=1S/C14H23NO7/c1-5-6-19-13(18)15-7-10(20-9(2)17)12-11(8-16)21-14(3,4)22-12/h5,10-12,16H,1,6-8H2,2-4H3,(H,15,18)/t10-,11-,12+/m1/s1. The molecule has 1 amide bonds. The fraction of sp³-hybridized carbons (Fsp3) is 0.714. The Balaban J connectivity index is 2.69. The molecular formula is C14H23NO7. The maximum absolute atomic E-state index is 11.4. The van der Waals surface area contributed by atoms with Crippen molar-refractivity contribution in [2.45, 2.75) is 44.9 Å². The van der Waals surface area contributed by atoms with Gasteiger partial charge in [0.05, 0.1) is 13.2 Å². The van der Waals surface area contributed by atoms with Gasteiger partial charge in [-0.1, -0.05) is 12.7 Å². The molecule has 3 atom stereocenters. The molecule has 1 aliphatic rings. The van der Waals surface area contributed by atoms with Crippen LogP contribution in [0.4, 0.5) is 4.79 Å². The van der Waals surface area contributed by atoms with Crippen LogP contribution in [0.15, 0.2) is 12.7 Å². The van der Waals surface area contributed by atoms with E-state index in [-0.39, 0.29) is 19.8 Å². The van der Waals surface area contributed by atoms with E-state index in [2.05, 4.69) is 11.9 Å². The molecule has 1 heterocycles. The zero-order valence-electron chi connectivity index (χ0n) is 13.0. The lowest BCUT2D eigenvalue weighted by atomic mass is 10.1. The number of carbonyl (C=O) groups excluding carboxylic acids is 2. The molecule has 0 spiro atoms. The van der Waals surface area contributed by atoms with E-state index in [0.29, 0.717) is 0 Å². The smallest absolute Gasteiger partial charge is 0.407 e. The second-order valence-corrected chi connectivity index (χ2v) is 5.24. The van der Waals surface area contributed by atoms with Gasteiger partial charge in [0.15, 0.2) is 5.79 Å². The monoisotopic (exact) mass is 317 g/mol. The molecule has 1 fully saturated rings. The van der Waals surface area contributed by atoms with E-state index in [1.165, 1.54) is 13.0 Å². The van der Waals surface area contributed by atoms with Crippen LogP contribution >= 0.6 is 0 Å². The van der Waals surface area contributed by atoms with Crippen LogP contribution in [0.25, 0.3) is 0 Å². The fourth-order valence-electron chi connectivity index (χ4n) is 2.13. The summed E-state index contributed by atoms with van der Waals surface area (Å²) in [5, 5.41) is 11.8. The highest BCUT2D eigenvalue weighted by Gasteiger charge is 2.46. The van der Waals surface area contributed by atoms with Crippen molar-refractivity contribution in [3.8, 4) is 0 Å².